The summed E-state index contributed by atoms with van der Waals surface area (Å²) in [6.45, 7) is 2.53. The molecule has 2 aromatic rings. The third-order valence-corrected chi connectivity index (χ3v) is 5.05. The lowest BCUT2D eigenvalue weighted by atomic mass is 9.99. The van der Waals surface area contributed by atoms with Crippen molar-refractivity contribution < 1.29 is 22.5 Å². The second-order valence-electron chi connectivity index (χ2n) is 5.99. The highest BCUT2D eigenvalue weighted by Crippen LogP contribution is 2.23. The summed E-state index contributed by atoms with van der Waals surface area (Å²) >= 11 is 0. The molecule has 0 fully saturated rings. The zero-order valence-electron chi connectivity index (χ0n) is 13.8. The highest BCUT2D eigenvalue weighted by molar-refractivity contribution is 7.85. The van der Waals surface area contributed by atoms with Gasteiger partial charge in [-0.15, -0.1) is 0 Å². The number of ether oxygens (including phenoxy) is 1. The monoisotopic (exact) mass is 361 g/mol. The Morgan fingerprint density at radius 2 is 1.88 bits per heavy atom. The van der Waals surface area contributed by atoms with Gasteiger partial charge in [0.05, 0.1) is 4.90 Å². The summed E-state index contributed by atoms with van der Waals surface area (Å²) in [5, 5.41) is 0. The number of hydrogen-bond acceptors (Lipinski definition) is 4. The molecule has 1 aliphatic heterocycles. The number of para-hydroxylation sites is 1. The lowest BCUT2D eigenvalue weighted by Gasteiger charge is -2.31. The molecule has 0 saturated carbocycles. The van der Waals surface area contributed by atoms with Crippen LogP contribution in [0.15, 0.2) is 53.4 Å². The summed E-state index contributed by atoms with van der Waals surface area (Å²) in [7, 11) is -4.26. The Morgan fingerprint density at radius 1 is 1.16 bits per heavy atom. The van der Waals surface area contributed by atoms with Crippen LogP contribution in [0.1, 0.15) is 18.1 Å². The molecule has 1 amide bonds. The summed E-state index contributed by atoms with van der Waals surface area (Å²) in [5.74, 6) is 0.459. The average molecular weight is 361 g/mol. The molecule has 6 nitrogen and oxygen atoms in total. The number of amides is 1. The Labute approximate surface area is 146 Å². The second kappa shape index (κ2) is 6.85. The van der Waals surface area contributed by atoms with Crippen molar-refractivity contribution >= 4 is 16.0 Å². The highest BCUT2D eigenvalue weighted by Gasteiger charge is 2.26. The van der Waals surface area contributed by atoms with Crippen LogP contribution in [0.25, 0.3) is 0 Å². The van der Waals surface area contributed by atoms with E-state index in [1.54, 1.807) is 30.0 Å². The third-order valence-electron chi connectivity index (χ3n) is 4.20. The fourth-order valence-electron chi connectivity index (χ4n) is 2.89. The molecular formula is C18H19NO5S. The van der Waals surface area contributed by atoms with Gasteiger partial charge in [-0.05, 0) is 48.7 Å². The molecule has 0 radical (unpaired) electrons. The second-order valence-corrected chi connectivity index (χ2v) is 7.41. The standard InChI is InChI=1S/C18H19NO5S/c1-13(24-16-5-3-2-4-6-16)18(20)19-10-9-14-7-8-17(25(21,22)23)11-15(14)12-19/h2-8,11,13H,9-10,12H2,1H3,(H,21,22,23). The van der Waals surface area contributed by atoms with Crippen LogP contribution < -0.4 is 4.74 Å². The molecule has 1 aliphatic rings. The van der Waals surface area contributed by atoms with Crippen molar-refractivity contribution in [3.05, 3.63) is 59.7 Å². The first-order valence-corrected chi connectivity index (χ1v) is 9.38. The van der Waals surface area contributed by atoms with Gasteiger partial charge in [-0.1, -0.05) is 24.3 Å². The summed E-state index contributed by atoms with van der Waals surface area (Å²) in [6.07, 6.45) is -0.0149. The molecule has 3 rings (SSSR count). The summed E-state index contributed by atoms with van der Waals surface area (Å²) in [5.41, 5.74) is 1.70. The fourth-order valence-corrected chi connectivity index (χ4v) is 3.42. The number of fused-ring (bicyclic) bond motifs is 1. The topological polar surface area (TPSA) is 83.9 Å². The van der Waals surface area contributed by atoms with Crippen molar-refractivity contribution in [1.29, 1.82) is 0 Å². The van der Waals surface area contributed by atoms with Crippen molar-refractivity contribution in [1.82, 2.24) is 4.90 Å². The van der Waals surface area contributed by atoms with Gasteiger partial charge in [0.25, 0.3) is 16.0 Å². The van der Waals surface area contributed by atoms with Crippen molar-refractivity contribution in [3.8, 4) is 5.75 Å². The van der Waals surface area contributed by atoms with Crippen LogP contribution in [0.5, 0.6) is 5.75 Å². The van der Waals surface area contributed by atoms with E-state index in [4.69, 9.17) is 4.74 Å². The average Bonchev–Trinajstić information content (AvgIpc) is 2.60. The predicted octanol–water partition coefficient (Wildman–Crippen LogP) is 2.29. The summed E-state index contributed by atoms with van der Waals surface area (Å²) < 4.78 is 37.5. The Hall–Kier alpha value is -2.38. The van der Waals surface area contributed by atoms with Crippen LogP contribution >= 0.6 is 0 Å². The van der Waals surface area contributed by atoms with E-state index in [1.807, 2.05) is 18.2 Å². The molecule has 1 unspecified atom stereocenters. The van der Waals surface area contributed by atoms with Gasteiger partial charge in [0.1, 0.15) is 5.75 Å². The minimum atomic E-state index is -4.26. The first kappa shape index (κ1) is 17.4. The van der Waals surface area contributed by atoms with Gasteiger partial charge < -0.3 is 9.64 Å². The van der Waals surface area contributed by atoms with Gasteiger partial charge in [0.15, 0.2) is 6.10 Å². The van der Waals surface area contributed by atoms with E-state index < -0.39 is 16.2 Å². The highest BCUT2D eigenvalue weighted by atomic mass is 32.2. The molecular weight excluding hydrogens is 342 g/mol. The number of hydrogen-bond donors (Lipinski definition) is 1. The van der Waals surface area contributed by atoms with Crippen molar-refractivity contribution in [2.24, 2.45) is 0 Å². The van der Waals surface area contributed by atoms with Crippen molar-refractivity contribution in [2.45, 2.75) is 30.9 Å². The molecule has 0 saturated heterocycles. The van der Waals surface area contributed by atoms with Gasteiger partial charge in [0.2, 0.25) is 0 Å². The molecule has 1 atom stereocenters. The normalized spacial score (nSPS) is 15.4. The van der Waals surface area contributed by atoms with E-state index in [1.165, 1.54) is 12.1 Å². The minimum absolute atomic E-state index is 0.158. The largest absolute Gasteiger partial charge is 0.481 e. The minimum Gasteiger partial charge on any atom is -0.481 e. The zero-order valence-corrected chi connectivity index (χ0v) is 14.6. The van der Waals surface area contributed by atoms with E-state index in [-0.39, 0.29) is 10.8 Å². The smallest absolute Gasteiger partial charge is 0.294 e. The molecule has 1 N–H and O–H groups in total. The molecule has 1 heterocycles. The van der Waals surface area contributed by atoms with E-state index in [0.717, 1.165) is 11.1 Å². The first-order chi connectivity index (χ1) is 11.8. The van der Waals surface area contributed by atoms with Crippen LogP contribution in [0.2, 0.25) is 0 Å². The maximum Gasteiger partial charge on any atom is 0.294 e. The Bertz CT molecular complexity index is 880. The molecule has 132 valence electrons. The fraction of sp³-hybridized carbons (Fsp3) is 0.278. The number of benzene rings is 2. The Morgan fingerprint density at radius 3 is 2.56 bits per heavy atom. The lowest BCUT2D eigenvalue weighted by molar-refractivity contribution is -0.138. The van der Waals surface area contributed by atoms with E-state index >= 15 is 0 Å². The molecule has 2 aromatic carbocycles. The maximum absolute atomic E-state index is 12.6. The van der Waals surface area contributed by atoms with Gasteiger partial charge in [-0.25, -0.2) is 0 Å². The van der Waals surface area contributed by atoms with Crippen molar-refractivity contribution in [3.63, 3.8) is 0 Å². The van der Waals surface area contributed by atoms with E-state index in [0.29, 0.717) is 25.3 Å². The molecule has 25 heavy (non-hydrogen) atoms. The van der Waals surface area contributed by atoms with Gasteiger partial charge in [0, 0.05) is 13.1 Å². The number of carbonyl (C=O) groups excluding carboxylic acids is 1. The molecule has 7 heteroatoms. The van der Waals surface area contributed by atoms with Crippen LogP contribution in [-0.2, 0) is 27.9 Å². The van der Waals surface area contributed by atoms with Crippen LogP contribution in [-0.4, -0.2) is 36.4 Å². The van der Waals surface area contributed by atoms with E-state index in [9.17, 15) is 17.8 Å². The summed E-state index contributed by atoms with van der Waals surface area (Å²) in [6, 6.07) is 13.6. The quantitative estimate of drug-likeness (QED) is 0.845. The predicted molar refractivity (Wildman–Crippen MR) is 91.9 cm³/mol. The SMILES string of the molecule is CC(Oc1ccccc1)C(=O)N1CCc2ccc(S(=O)(=O)O)cc2C1. The number of carbonyl (C=O) groups is 1. The van der Waals surface area contributed by atoms with Gasteiger partial charge in [-0.3, -0.25) is 9.35 Å². The maximum atomic E-state index is 12.6. The number of rotatable bonds is 4. The van der Waals surface area contributed by atoms with Crippen LogP contribution in [0, 0.1) is 0 Å². The third kappa shape index (κ3) is 4.00. The molecule has 0 aromatic heterocycles. The Kier molecular flexibility index (Phi) is 4.78. The summed E-state index contributed by atoms with van der Waals surface area (Å²) in [4.78, 5) is 14.1. The van der Waals surface area contributed by atoms with Crippen LogP contribution in [0.3, 0.4) is 0 Å². The molecule has 0 bridgehead atoms. The molecule has 0 spiro atoms. The van der Waals surface area contributed by atoms with E-state index in [2.05, 4.69) is 0 Å². The number of nitrogens with zero attached hydrogens (tertiary/aromatic N) is 1. The lowest BCUT2D eigenvalue weighted by Crippen LogP contribution is -2.43. The van der Waals surface area contributed by atoms with Gasteiger partial charge >= 0.3 is 0 Å². The van der Waals surface area contributed by atoms with Gasteiger partial charge in [-0.2, -0.15) is 8.42 Å². The first-order valence-electron chi connectivity index (χ1n) is 7.94. The molecule has 0 aliphatic carbocycles. The Balaban J connectivity index is 1.74. The van der Waals surface area contributed by atoms with Crippen molar-refractivity contribution in [2.75, 3.05) is 6.54 Å². The zero-order chi connectivity index (χ0) is 18.0. The van der Waals surface area contributed by atoms with Crippen LogP contribution in [0.4, 0.5) is 0 Å².